The van der Waals surface area contributed by atoms with Crippen LogP contribution in [-0.2, 0) is 4.74 Å². The Morgan fingerprint density at radius 2 is 1.57 bits per heavy atom. The zero-order chi connectivity index (χ0) is 32.1. The number of fused-ring (bicyclic) bond motifs is 5. The smallest absolute Gasteiger partial charge is 0.407 e. The predicted octanol–water partition coefficient (Wildman–Crippen LogP) is 6.72. The minimum Gasteiger partial charge on any atom is -0.446 e. The summed E-state index contributed by atoms with van der Waals surface area (Å²) in [6.45, 7) is 4.72. The van der Waals surface area contributed by atoms with E-state index in [0.29, 0.717) is 17.4 Å². The summed E-state index contributed by atoms with van der Waals surface area (Å²) in [6, 6.07) is 12.9. The molecule has 2 amide bonds. The zero-order valence-electron chi connectivity index (χ0n) is 27.3. The molecule has 5 aliphatic rings. The highest BCUT2D eigenvalue weighted by molar-refractivity contribution is 5.94. The number of hydrogen-bond acceptors (Lipinski definition) is 6. The van der Waals surface area contributed by atoms with E-state index in [2.05, 4.69) is 24.5 Å². The van der Waals surface area contributed by atoms with Gasteiger partial charge in [0, 0.05) is 29.1 Å². The summed E-state index contributed by atoms with van der Waals surface area (Å²) in [4.78, 5) is 37.1. The molecule has 1 aromatic carbocycles. The zero-order valence-corrected chi connectivity index (χ0v) is 27.3. The fourth-order valence-corrected chi connectivity index (χ4v) is 11.0. The fraction of sp³-hybridized carbons (Fsp3) is 0.658. The average Bonchev–Trinajstić information content (AvgIpc) is 3.34. The van der Waals surface area contributed by atoms with Crippen molar-refractivity contribution in [1.82, 2.24) is 10.6 Å². The first-order valence-corrected chi connectivity index (χ1v) is 17.7. The number of benzene rings is 1. The molecular weight excluding hydrogens is 580 g/mol. The Bertz CT molecular complexity index is 1470. The van der Waals surface area contributed by atoms with Gasteiger partial charge in [-0.05, 0) is 136 Å². The Morgan fingerprint density at radius 1 is 0.826 bits per heavy atom. The van der Waals surface area contributed by atoms with Crippen LogP contribution in [0.3, 0.4) is 0 Å². The highest BCUT2D eigenvalue weighted by atomic mass is 16.6. The molecule has 3 N–H and O–H groups in total. The fourth-order valence-electron chi connectivity index (χ4n) is 11.0. The predicted molar refractivity (Wildman–Crippen MR) is 174 cm³/mol. The van der Waals surface area contributed by atoms with Gasteiger partial charge in [0.05, 0.1) is 11.9 Å². The van der Waals surface area contributed by atoms with Crippen LogP contribution >= 0.6 is 0 Å². The first-order chi connectivity index (χ1) is 22.1. The molecule has 0 radical (unpaired) electrons. The van der Waals surface area contributed by atoms with Gasteiger partial charge in [0.1, 0.15) is 6.10 Å². The van der Waals surface area contributed by atoms with Crippen molar-refractivity contribution in [2.24, 2.45) is 28.6 Å². The van der Waals surface area contributed by atoms with E-state index < -0.39 is 5.60 Å². The molecule has 5 saturated carbocycles. The van der Waals surface area contributed by atoms with Crippen molar-refractivity contribution < 1.29 is 23.8 Å². The highest BCUT2D eigenvalue weighted by Crippen LogP contribution is 2.70. The van der Waals surface area contributed by atoms with Crippen molar-refractivity contribution >= 4 is 12.0 Å². The summed E-state index contributed by atoms with van der Waals surface area (Å²) in [5.41, 5.74) is 0.562. The van der Waals surface area contributed by atoms with Crippen LogP contribution in [0.5, 0.6) is 0 Å². The van der Waals surface area contributed by atoms with Crippen LogP contribution < -0.4 is 16.3 Å². The van der Waals surface area contributed by atoms with Crippen LogP contribution in [0.25, 0.3) is 0 Å². The van der Waals surface area contributed by atoms with Crippen LogP contribution in [0.1, 0.15) is 119 Å². The molecule has 7 rings (SSSR count). The lowest BCUT2D eigenvalue weighted by molar-refractivity contribution is -0.205. The lowest BCUT2D eigenvalue weighted by Crippen LogP contribution is -2.62. The largest absolute Gasteiger partial charge is 0.446 e. The normalized spacial score (nSPS) is 40.1. The maximum atomic E-state index is 13.0. The van der Waals surface area contributed by atoms with E-state index in [0.717, 1.165) is 89.0 Å². The van der Waals surface area contributed by atoms with Crippen molar-refractivity contribution in [3.63, 3.8) is 0 Å². The van der Waals surface area contributed by atoms with Gasteiger partial charge in [-0.1, -0.05) is 32.0 Å². The van der Waals surface area contributed by atoms with E-state index in [1.54, 1.807) is 6.26 Å². The summed E-state index contributed by atoms with van der Waals surface area (Å²) < 4.78 is 11.3. The molecule has 0 saturated heterocycles. The molecule has 5 fully saturated rings. The molecule has 46 heavy (non-hydrogen) atoms. The molecule has 8 atom stereocenters. The van der Waals surface area contributed by atoms with Crippen LogP contribution in [0.2, 0.25) is 0 Å². The maximum absolute atomic E-state index is 13.0. The minimum atomic E-state index is -0.721. The van der Waals surface area contributed by atoms with Crippen LogP contribution in [-0.4, -0.2) is 40.9 Å². The first kappa shape index (κ1) is 31.5. The lowest BCUT2D eigenvalue weighted by Gasteiger charge is -2.63. The molecule has 8 heteroatoms. The SMILES string of the molecule is C[C@]12CC[C@H](OC(=O)NC3CCC(NC(=O)c4ccccc4)CC3)C[C@H]1CC[C@@H]1[C@@H]2CC[C@]2(C)[C@@H](c3ccc(=O)oc3)CC[C@]12O. The number of nitrogens with one attached hydrogen (secondary N) is 2. The molecule has 1 heterocycles. The molecule has 248 valence electrons. The van der Waals surface area contributed by atoms with E-state index in [-0.39, 0.29) is 58.5 Å². The molecule has 1 aromatic heterocycles. The van der Waals surface area contributed by atoms with E-state index in [4.69, 9.17) is 9.15 Å². The average molecular weight is 631 g/mol. The molecule has 0 bridgehead atoms. The minimum absolute atomic E-state index is 0.0399. The van der Waals surface area contributed by atoms with Gasteiger partial charge >= 0.3 is 11.7 Å². The van der Waals surface area contributed by atoms with Gasteiger partial charge in [0.15, 0.2) is 0 Å². The van der Waals surface area contributed by atoms with E-state index in [1.165, 1.54) is 6.07 Å². The quantitative estimate of drug-likeness (QED) is 0.338. The topological polar surface area (TPSA) is 118 Å². The molecule has 8 nitrogen and oxygen atoms in total. The Morgan fingerprint density at radius 3 is 2.28 bits per heavy atom. The van der Waals surface area contributed by atoms with Gasteiger partial charge in [-0.2, -0.15) is 0 Å². The van der Waals surface area contributed by atoms with Gasteiger partial charge in [-0.15, -0.1) is 0 Å². The van der Waals surface area contributed by atoms with Crippen molar-refractivity contribution in [2.45, 2.75) is 127 Å². The second kappa shape index (κ2) is 12.1. The van der Waals surface area contributed by atoms with Gasteiger partial charge in [0.25, 0.3) is 5.91 Å². The van der Waals surface area contributed by atoms with Gasteiger partial charge in [-0.25, -0.2) is 9.59 Å². The number of ether oxygens (including phenoxy) is 1. The number of alkyl carbamates (subject to hydrolysis) is 1. The first-order valence-electron chi connectivity index (χ1n) is 17.7. The monoisotopic (exact) mass is 630 g/mol. The Kier molecular flexibility index (Phi) is 8.31. The molecule has 0 spiro atoms. The number of amides is 2. The third-order valence-corrected chi connectivity index (χ3v) is 13.6. The number of carbonyl (C=O) groups is 2. The summed E-state index contributed by atoms with van der Waals surface area (Å²) >= 11 is 0. The summed E-state index contributed by atoms with van der Waals surface area (Å²) in [5, 5.41) is 18.8. The third-order valence-electron chi connectivity index (χ3n) is 13.6. The molecule has 5 aliphatic carbocycles. The van der Waals surface area contributed by atoms with E-state index >= 15 is 0 Å². The van der Waals surface area contributed by atoms with Crippen LogP contribution in [0.15, 0.2) is 57.9 Å². The lowest BCUT2D eigenvalue weighted by atomic mass is 9.43. The summed E-state index contributed by atoms with van der Waals surface area (Å²) in [5.74, 6) is 1.37. The van der Waals surface area contributed by atoms with E-state index in [9.17, 15) is 19.5 Å². The molecular formula is C38H50N2O6. The summed E-state index contributed by atoms with van der Waals surface area (Å²) in [7, 11) is 0. The second-order valence-corrected chi connectivity index (χ2v) is 15.7. The van der Waals surface area contributed by atoms with Crippen LogP contribution in [0.4, 0.5) is 4.79 Å². The third kappa shape index (κ3) is 5.48. The molecule has 2 aromatic rings. The molecule has 0 aliphatic heterocycles. The Balaban J connectivity index is 0.915. The number of rotatable bonds is 5. The van der Waals surface area contributed by atoms with Crippen molar-refractivity contribution in [3.8, 4) is 0 Å². The van der Waals surface area contributed by atoms with Gasteiger partial charge < -0.3 is 24.9 Å². The van der Waals surface area contributed by atoms with Gasteiger partial charge in [0.2, 0.25) is 0 Å². The van der Waals surface area contributed by atoms with Crippen molar-refractivity contribution in [3.05, 3.63) is 70.3 Å². The Hall–Kier alpha value is -3.13. The summed E-state index contributed by atoms with van der Waals surface area (Å²) in [6.07, 6.45) is 13.2. The number of hydrogen-bond donors (Lipinski definition) is 3. The number of aliphatic hydroxyl groups is 1. The molecule has 0 unspecified atom stereocenters. The van der Waals surface area contributed by atoms with Crippen molar-refractivity contribution in [1.29, 1.82) is 0 Å². The second-order valence-electron chi connectivity index (χ2n) is 15.7. The Labute approximate surface area is 272 Å². The van der Waals surface area contributed by atoms with Crippen molar-refractivity contribution in [2.75, 3.05) is 0 Å². The van der Waals surface area contributed by atoms with Crippen LogP contribution in [0, 0.1) is 28.6 Å². The maximum Gasteiger partial charge on any atom is 0.407 e. The van der Waals surface area contributed by atoms with E-state index in [1.807, 2.05) is 36.4 Å². The highest BCUT2D eigenvalue weighted by Gasteiger charge is 2.67. The van der Waals surface area contributed by atoms with Gasteiger partial charge in [-0.3, -0.25) is 4.79 Å². The standard InChI is InChI=1S/C38H50N2O6/c1-36-19-16-29(46-35(43)40-28-12-10-27(11-13-28)39-34(42)24-6-4-3-5-7-24)22-26(36)9-14-32-31(36)17-20-37(2)30(18-21-38(32,37)44)25-8-15-33(41)45-23-25/h3-8,15,23,26-32,44H,9-14,16-22H2,1-2H3,(H,39,42)(H,40,43)/t26-,27?,28?,29+,30-,31+,32-,36+,37-,38+/m1/s1. The number of carbonyl (C=O) groups excluding carboxylic acids is 2.